The van der Waals surface area contributed by atoms with E-state index in [1.54, 1.807) is 39.0 Å². The van der Waals surface area contributed by atoms with E-state index in [-0.39, 0.29) is 5.75 Å². The van der Waals surface area contributed by atoms with Crippen LogP contribution in [0.3, 0.4) is 0 Å². The number of ether oxygens (including phenoxy) is 2. The lowest BCUT2D eigenvalue weighted by Crippen LogP contribution is -2.44. The molecule has 6 atom stereocenters. The molecular weight excluding hydrogens is 535 g/mol. The fraction of sp³-hybridized carbons (Fsp3) is 0.522. The molecule has 0 aliphatic carbocycles. The van der Waals surface area contributed by atoms with E-state index in [0.717, 1.165) is 16.8 Å². The summed E-state index contributed by atoms with van der Waals surface area (Å²) in [4.78, 5) is 41.2. The maximum absolute atomic E-state index is 13.9. The van der Waals surface area contributed by atoms with Crippen molar-refractivity contribution in [3.63, 3.8) is 0 Å². The van der Waals surface area contributed by atoms with E-state index in [4.69, 9.17) is 18.5 Å². The van der Waals surface area contributed by atoms with Gasteiger partial charge in [-0.2, -0.15) is 5.09 Å². The van der Waals surface area contributed by atoms with Gasteiger partial charge in [0, 0.05) is 23.1 Å². The van der Waals surface area contributed by atoms with Gasteiger partial charge in [-0.25, -0.2) is 9.36 Å². The molecule has 3 N–H and O–H groups in total. The van der Waals surface area contributed by atoms with Crippen molar-refractivity contribution in [1.29, 1.82) is 0 Å². The summed E-state index contributed by atoms with van der Waals surface area (Å²) >= 11 is 0. The average molecular weight is 567 g/mol. The molecule has 1 aliphatic rings. The SMILES string of the molecule is C[C@@H]1[C@@H](O)[C@@](COP(=O)(N[C@@H](C)C(=O)OC(C)(C)C)Oc2ccccc2)(N=[N+]=[N-])O[C@@H]1n1ccc(=O)[nH]c1=O. The number of benzene rings is 1. The first kappa shape index (κ1) is 30.1. The monoisotopic (exact) mass is 566 g/mol. The quantitative estimate of drug-likeness (QED) is 0.126. The molecule has 1 aromatic carbocycles. The number of carbonyl (C=O) groups excluding carboxylic acids is 1. The zero-order valence-corrected chi connectivity index (χ0v) is 22.9. The highest BCUT2D eigenvalue weighted by molar-refractivity contribution is 7.52. The van der Waals surface area contributed by atoms with Crippen molar-refractivity contribution in [2.75, 3.05) is 6.61 Å². The Morgan fingerprint density at radius 2 is 2.00 bits per heavy atom. The summed E-state index contributed by atoms with van der Waals surface area (Å²) in [6, 6.07) is 7.86. The van der Waals surface area contributed by atoms with Crippen molar-refractivity contribution in [1.82, 2.24) is 14.6 Å². The van der Waals surface area contributed by atoms with Gasteiger partial charge in [0.15, 0.2) is 5.72 Å². The number of azide groups is 1. The second-order valence-corrected chi connectivity index (χ2v) is 11.6. The Balaban J connectivity index is 1.91. The van der Waals surface area contributed by atoms with Crippen molar-refractivity contribution in [3.05, 3.63) is 73.9 Å². The number of aromatic amines is 1. The van der Waals surface area contributed by atoms with Crippen LogP contribution in [0.4, 0.5) is 0 Å². The smallest absolute Gasteiger partial charge is 0.459 e. The van der Waals surface area contributed by atoms with Crippen LogP contribution < -0.4 is 20.9 Å². The van der Waals surface area contributed by atoms with E-state index in [2.05, 4.69) is 20.1 Å². The maximum Gasteiger partial charge on any atom is 0.459 e. The van der Waals surface area contributed by atoms with Crippen molar-refractivity contribution >= 4 is 13.7 Å². The Bertz CT molecular complexity index is 1380. The summed E-state index contributed by atoms with van der Waals surface area (Å²) in [7, 11) is -4.43. The molecule has 0 bridgehead atoms. The summed E-state index contributed by atoms with van der Waals surface area (Å²) < 4.78 is 37.2. The summed E-state index contributed by atoms with van der Waals surface area (Å²) in [5.41, 5.74) is 4.80. The standard InChI is InChI=1S/C23H31N6O9P/c1-14-18(31)23(27-28-24,36-19(14)29-12-11-17(30)25-21(29)33)13-35-39(34,38-16-9-7-6-8-10-16)26-15(2)20(32)37-22(3,4)5/h6-12,14-15,18-19,31H,13H2,1-5H3,(H,26,34)(H,25,30,33)/t14-,15+,18-,19+,23+,39?/m1/s1. The minimum Gasteiger partial charge on any atom is -0.459 e. The Kier molecular flexibility index (Phi) is 9.06. The molecule has 1 fully saturated rings. The van der Waals surface area contributed by atoms with Crippen LogP contribution >= 0.6 is 7.75 Å². The van der Waals surface area contributed by atoms with Gasteiger partial charge in [0.2, 0.25) is 0 Å². The van der Waals surface area contributed by atoms with Crippen molar-refractivity contribution in [2.45, 2.75) is 64.3 Å². The molecule has 2 aromatic rings. The highest BCUT2D eigenvalue weighted by Crippen LogP contribution is 2.49. The second-order valence-electron chi connectivity index (χ2n) is 9.92. The third-order valence-corrected chi connectivity index (χ3v) is 7.22. The van der Waals surface area contributed by atoms with Crippen LogP contribution in [0, 0.1) is 5.92 Å². The molecule has 0 radical (unpaired) electrons. The average Bonchev–Trinajstić information content (AvgIpc) is 3.08. The molecule has 1 unspecified atom stereocenters. The van der Waals surface area contributed by atoms with E-state index < -0.39 is 67.2 Å². The number of hydrogen-bond donors (Lipinski definition) is 3. The van der Waals surface area contributed by atoms with Gasteiger partial charge in [-0.05, 0) is 45.4 Å². The van der Waals surface area contributed by atoms with E-state index in [1.807, 2.05) is 0 Å². The van der Waals surface area contributed by atoms with Gasteiger partial charge in [-0.15, -0.1) is 0 Å². The fourth-order valence-electron chi connectivity index (χ4n) is 3.76. The van der Waals surface area contributed by atoms with Gasteiger partial charge < -0.3 is 19.1 Å². The second kappa shape index (κ2) is 11.7. The molecule has 15 nitrogen and oxygen atoms in total. The van der Waals surface area contributed by atoms with Gasteiger partial charge in [0.05, 0.1) is 12.7 Å². The maximum atomic E-state index is 13.9. The molecule has 0 amide bonds. The number of aromatic nitrogens is 2. The topological polar surface area (TPSA) is 207 Å². The van der Waals surface area contributed by atoms with Gasteiger partial charge in [-0.3, -0.25) is 23.7 Å². The van der Waals surface area contributed by atoms with E-state index in [9.17, 15) is 29.6 Å². The van der Waals surface area contributed by atoms with Gasteiger partial charge in [0.25, 0.3) is 5.56 Å². The van der Waals surface area contributed by atoms with E-state index in [1.165, 1.54) is 26.0 Å². The molecule has 1 aromatic heterocycles. The molecule has 212 valence electrons. The van der Waals surface area contributed by atoms with Crippen LogP contribution in [0.5, 0.6) is 5.75 Å². The number of esters is 1. The minimum absolute atomic E-state index is 0.126. The highest BCUT2D eigenvalue weighted by Gasteiger charge is 2.55. The normalized spacial score (nSPS) is 25.2. The van der Waals surface area contributed by atoms with Gasteiger partial charge in [0.1, 0.15) is 23.6 Å². The van der Waals surface area contributed by atoms with Gasteiger partial charge in [-0.1, -0.05) is 30.2 Å². The number of para-hydroxylation sites is 1. The van der Waals surface area contributed by atoms with Crippen LogP contribution in [0.15, 0.2) is 57.3 Å². The lowest BCUT2D eigenvalue weighted by atomic mass is 9.98. The minimum atomic E-state index is -4.43. The summed E-state index contributed by atoms with van der Waals surface area (Å²) in [5.74, 6) is -1.47. The lowest BCUT2D eigenvalue weighted by Gasteiger charge is -2.30. The highest BCUT2D eigenvalue weighted by atomic mass is 31.2. The van der Waals surface area contributed by atoms with Crippen LogP contribution in [-0.2, 0) is 23.4 Å². The van der Waals surface area contributed by atoms with Crippen molar-refractivity contribution < 1.29 is 33.0 Å². The van der Waals surface area contributed by atoms with Crippen LogP contribution in [0.2, 0.25) is 0 Å². The number of aliphatic hydroxyl groups excluding tert-OH is 1. The van der Waals surface area contributed by atoms with Crippen LogP contribution in [0.1, 0.15) is 40.8 Å². The summed E-state index contributed by atoms with van der Waals surface area (Å²) in [5, 5.41) is 17.1. The molecular formula is C23H31N6O9P. The first-order valence-electron chi connectivity index (χ1n) is 11.9. The molecule has 0 saturated carbocycles. The number of H-pyrrole nitrogens is 1. The summed E-state index contributed by atoms with van der Waals surface area (Å²) in [6.07, 6.45) is -1.58. The van der Waals surface area contributed by atoms with Crippen LogP contribution in [0.25, 0.3) is 10.4 Å². The number of hydrogen-bond acceptors (Lipinski definition) is 10. The first-order valence-corrected chi connectivity index (χ1v) is 13.5. The lowest BCUT2D eigenvalue weighted by molar-refractivity contribution is -0.156. The van der Waals surface area contributed by atoms with E-state index in [0.29, 0.717) is 0 Å². The predicted molar refractivity (Wildman–Crippen MR) is 138 cm³/mol. The number of aliphatic hydroxyl groups is 1. The number of rotatable bonds is 10. The molecule has 1 aliphatic heterocycles. The zero-order valence-electron chi connectivity index (χ0n) is 22.0. The molecule has 1 saturated heterocycles. The van der Waals surface area contributed by atoms with Gasteiger partial charge >= 0.3 is 19.4 Å². The Morgan fingerprint density at radius 1 is 1.33 bits per heavy atom. The molecule has 2 heterocycles. The molecule has 0 spiro atoms. The first-order chi connectivity index (χ1) is 18.2. The van der Waals surface area contributed by atoms with Crippen molar-refractivity contribution in [3.8, 4) is 5.75 Å². The Labute approximate surface area is 223 Å². The fourth-order valence-corrected chi connectivity index (χ4v) is 5.28. The predicted octanol–water partition coefficient (Wildman–Crippen LogP) is 2.59. The number of nitrogens with one attached hydrogen (secondary N) is 2. The number of nitrogens with zero attached hydrogens (tertiary/aromatic N) is 4. The van der Waals surface area contributed by atoms with Crippen molar-refractivity contribution in [2.24, 2.45) is 11.0 Å². The molecule has 39 heavy (non-hydrogen) atoms. The van der Waals surface area contributed by atoms with E-state index >= 15 is 0 Å². The zero-order chi connectivity index (χ0) is 29.0. The summed E-state index contributed by atoms with van der Waals surface area (Å²) in [6.45, 7) is 7.11. The third kappa shape index (κ3) is 7.35. The Morgan fingerprint density at radius 3 is 2.59 bits per heavy atom. The molecule has 16 heteroatoms. The Hall–Kier alpha value is -3.45. The van der Waals surface area contributed by atoms with Crippen LogP contribution in [-0.4, -0.2) is 50.7 Å². The third-order valence-electron chi connectivity index (χ3n) is 5.60. The molecule has 3 rings (SSSR count). The largest absolute Gasteiger partial charge is 0.459 e. The number of carbonyl (C=O) groups is 1.